The number of halogens is 1. The van der Waals surface area contributed by atoms with Crippen molar-refractivity contribution in [2.75, 3.05) is 0 Å². The highest BCUT2D eigenvalue weighted by molar-refractivity contribution is 7.99. The van der Waals surface area contributed by atoms with Gasteiger partial charge in [-0.1, -0.05) is 48.2 Å². The maximum Gasteiger partial charge on any atom is 0.223 e. The number of hydrogen-bond acceptors (Lipinski definition) is 3. The van der Waals surface area contributed by atoms with Gasteiger partial charge >= 0.3 is 0 Å². The van der Waals surface area contributed by atoms with Crippen molar-refractivity contribution in [3.63, 3.8) is 0 Å². The van der Waals surface area contributed by atoms with Crippen molar-refractivity contribution in [1.82, 2.24) is 9.97 Å². The molecule has 0 atom stereocenters. The average Bonchev–Trinajstić information content (AvgIpc) is 2.55. The summed E-state index contributed by atoms with van der Waals surface area (Å²) < 4.78 is 0. The number of aryl methyl sites for hydroxylation is 1. The minimum Gasteiger partial charge on any atom is -0.223 e. The van der Waals surface area contributed by atoms with E-state index < -0.39 is 0 Å². The van der Waals surface area contributed by atoms with Gasteiger partial charge in [-0.15, -0.1) is 0 Å². The molecule has 3 aromatic rings. The van der Waals surface area contributed by atoms with E-state index in [4.69, 9.17) is 11.6 Å². The summed E-state index contributed by atoms with van der Waals surface area (Å²) >= 11 is 7.84. The van der Waals surface area contributed by atoms with Gasteiger partial charge in [-0.3, -0.25) is 0 Å². The SMILES string of the molecule is Clc1nc2c(c(Sc3cccc4ccccc34)n1)CCCC2. The Hall–Kier alpha value is -1.58. The summed E-state index contributed by atoms with van der Waals surface area (Å²) in [7, 11) is 0. The molecule has 2 aromatic carbocycles. The normalized spacial score (nSPS) is 14.0. The minimum absolute atomic E-state index is 0.364. The molecule has 0 bridgehead atoms. The highest BCUT2D eigenvalue weighted by Gasteiger charge is 2.18. The highest BCUT2D eigenvalue weighted by Crippen LogP contribution is 2.37. The predicted octanol–water partition coefficient (Wildman–Crippen LogP) is 5.31. The van der Waals surface area contributed by atoms with Gasteiger partial charge in [0, 0.05) is 16.2 Å². The fourth-order valence-electron chi connectivity index (χ4n) is 3.00. The third-order valence-electron chi connectivity index (χ3n) is 4.07. The fourth-order valence-corrected chi connectivity index (χ4v) is 4.37. The largest absolute Gasteiger partial charge is 0.223 e. The van der Waals surface area contributed by atoms with E-state index >= 15 is 0 Å². The third-order valence-corrected chi connectivity index (χ3v) is 5.35. The maximum atomic E-state index is 6.13. The predicted molar refractivity (Wildman–Crippen MR) is 91.8 cm³/mol. The van der Waals surface area contributed by atoms with Gasteiger partial charge in [-0.2, -0.15) is 0 Å². The van der Waals surface area contributed by atoms with Gasteiger partial charge in [0.2, 0.25) is 5.28 Å². The molecule has 1 aliphatic rings. The molecule has 0 N–H and O–H groups in total. The van der Waals surface area contributed by atoms with Crippen LogP contribution in [0.25, 0.3) is 10.8 Å². The van der Waals surface area contributed by atoms with E-state index in [1.807, 2.05) is 0 Å². The van der Waals surface area contributed by atoms with E-state index in [2.05, 4.69) is 52.4 Å². The van der Waals surface area contributed by atoms with E-state index in [1.54, 1.807) is 11.8 Å². The Kier molecular flexibility index (Phi) is 3.77. The van der Waals surface area contributed by atoms with Crippen LogP contribution in [0.4, 0.5) is 0 Å². The van der Waals surface area contributed by atoms with Gasteiger partial charge < -0.3 is 0 Å². The monoisotopic (exact) mass is 326 g/mol. The lowest BCUT2D eigenvalue weighted by Gasteiger charge is -2.18. The lowest BCUT2D eigenvalue weighted by atomic mass is 9.98. The van der Waals surface area contributed by atoms with E-state index in [1.165, 1.54) is 34.1 Å². The summed E-state index contributed by atoms with van der Waals surface area (Å²) in [5.74, 6) is 0. The Morgan fingerprint density at radius 2 is 1.73 bits per heavy atom. The Morgan fingerprint density at radius 1 is 0.909 bits per heavy atom. The first-order valence-electron chi connectivity index (χ1n) is 7.52. The number of nitrogens with zero attached hydrogens (tertiary/aromatic N) is 2. The van der Waals surface area contributed by atoms with Crippen molar-refractivity contribution >= 4 is 34.1 Å². The van der Waals surface area contributed by atoms with Crippen molar-refractivity contribution < 1.29 is 0 Å². The average molecular weight is 327 g/mol. The van der Waals surface area contributed by atoms with Crippen molar-refractivity contribution in [2.24, 2.45) is 0 Å². The first kappa shape index (κ1) is 14.0. The van der Waals surface area contributed by atoms with Gasteiger partial charge in [0.05, 0.1) is 0 Å². The summed E-state index contributed by atoms with van der Waals surface area (Å²) in [5.41, 5.74) is 2.42. The Labute approximate surface area is 138 Å². The molecule has 1 heterocycles. The van der Waals surface area contributed by atoms with Crippen LogP contribution in [0, 0.1) is 0 Å². The molecule has 1 aliphatic carbocycles. The second-order valence-electron chi connectivity index (χ2n) is 5.51. The summed E-state index contributed by atoms with van der Waals surface area (Å²) in [6, 6.07) is 14.8. The van der Waals surface area contributed by atoms with Crippen LogP contribution in [-0.2, 0) is 12.8 Å². The molecular formula is C18H15ClN2S. The number of hydrogen-bond donors (Lipinski definition) is 0. The molecule has 22 heavy (non-hydrogen) atoms. The first-order chi connectivity index (χ1) is 10.8. The molecule has 0 spiro atoms. The van der Waals surface area contributed by atoms with Crippen molar-refractivity contribution in [1.29, 1.82) is 0 Å². The molecular weight excluding hydrogens is 312 g/mol. The molecule has 0 radical (unpaired) electrons. The van der Waals surface area contributed by atoms with Crippen molar-refractivity contribution in [3.8, 4) is 0 Å². The molecule has 0 saturated carbocycles. The second-order valence-corrected chi connectivity index (χ2v) is 6.88. The van der Waals surface area contributed by atoms with Gasteiger partial charge in [-0.25, -0.2) is 9.97 Å². The number of fused-ring (bicyclic) bond motifs is 2. The quantitative estimate of drug-likeness (QED) is 0.471. The van der Waals surface area contributed by atoms with Crippen LogP contribution in [0.1, 0.15) is 24.1 Å². The zero-order valence-corrected chi connectivity index (χ0v) is 13.6. The summed E-state index contributed by atoms with van der Waals surface area (Å²) in [5, 5.41) is 3.89. The molecule has 4 heteroatoms. The summed E-state index contributed by atoms with van der Waals surface area (Å²) in [4.78, 5) is 10.1. The number of benzene rings is 2. The van der Waals surface area contributed by atoms with Gasteiger partial charge in [0.1, 0.15) is 5.03 Å². The van der Waals surface area contributed by atoms with Crippen LogP contribution >= 0.6 is 23.4 Å². The Balaban J connectivity index is 1.81. The summed E-state index contributed by atoms with van der Waals surface area (Å²) in [6.07, 6.45) is 4.47. The molecule has 4 rings (SSSR count). The molecule has 0 unspecified atom stereocenters. The van der Waals surface area contributed by atoms with E-state index in [0.717, 1.165) is 23.6 Å². The van der Waals surface area contributed by atoms with Crippen LogP contribution in [0.5, 0.6) is 0 Å². The number of rotatable bonds is 2. The standard InChI is InChI=1S/C18H15ClN2S/c19-18-20-15-10-4-3-9-14(15)17(21-18)22-16-11-5-7-12-6-1-2-8-13(12)16/h1-2,5-8,11H,3-4,9-10H2. The molecule has 2 nitrogen and oxygen atoms in total. The molecule has 1 aromatic heterocycles. The molecule has 0 saturated heterocycles. The Bertz CT molecular complexity index is 842. The molecule has 0 aliphatic heterocycles. The zero-order valence-electron chi connectivity index (χ0n) is 12.1. The molecule has 0 fully saturated rings. The van der Waals surface area contributed by atoms with Gasteiger partial charge in [0.15, 0.2) is 0 Å². The van der Waals surface area contributed by atoms with Gasteiger partial charge in [0.25, 0.3) is 0 Å². The van der Waals surface area contributed by atoms with Crippen molar-refractivity contribution in [3.05, 3.63) is 59.0 Å². The van der Waals surface area contributed by atoms with E-state index in [0.29, 0.717) is 5.28 Å². The van der Waals surface area contributed by atoms with E-state index in [-0.39, 0.29) is 0 Å². The maximum absolute atomic E-state index is 6.13. The molecule has 0 amide bonds. The van der Waals surface area contributed by atoms with Crippen LogP contribution in [0.15, 0.2) is 52.4 Å². The second kappa shape index (κ2) is 5.90. The zero-order chi connectivity index (χ0) is 14.9. The third kappa shape index (κ3) is 2.59. The minimum atomic E-state index is 0.364. The Morgan fingerprint density at radius 3 is 2.68 bits per heavy atom. The summed E-state index contributed by atoms with van der Waals surface area (Å²) in [6.45, 7) is 0. The van der Waals surface area contributed by atoms with Crippen LogP contribution in [0.3, 0.4) is 0 Å². The first-order valence-corrected chi connectivity index (χ1v) is 8.71. The van der Waals surface area contributed by atoms with Crippen LogP contribution < -0.4 is 0 Å². The van der Waals surface area contributed by atoms with Crippen LogP contribution in [-0.4, -0.2) is 9.97 Å². The number of aromatic nitrogens is 2. The topological polar surface area (TPSA) is 25.8 Å². The van der Waals surface area contributed by atoms with Gasteiger partial charge in [-0.05, 0) is 54.1 Å². The van der Waals surface area contributed by atoms with Crippen LogP contribution in [0.2, 0.25) is 5.28 Å². The smallest absolute Gasteiger partial charge is 0.223 e. The highest BCUT2D eigenvalue weighted by atomic mass is 35.5. The molecule has 110 valence electrons. The van der Waals surface area contributed by atoms with E-state index in [9.17, 15) is 0 Å². The lowest BCUT2D eigenvalue weighted by molar-refractivity contribution is 0.646. The van der Waals surface area contributed by atoms with Crippen molar-refractivity contribution in [2.45, 2.75) is 35.6 Å². The lowest BCUT2D eigenvalue weighted by Crippen LogP contribution is -2.08. The fraction of sp³-hybridized carbons (Fsp3) is 0.222.